The van der Waals surface area contributed by atoms with Gasteiger partial charge in [0.2, 0.25) is 0 Å². The lowest BCUT2D eigenvalue weighted by atomic mass is 9.86. The van der Waals surface area contributed by atoms with Crippen LogP contribution in [0.2, 0.25) is 5.02 Å². The van der Waals surface area contributed by atoms with Crippen molar-refractivity contribution < 1.29 is 14.6 Å². The maximum atomic E-state index is 12.1. The monoisotopic (exact) mass is 419 g/mol. The number of carbonyl (C=O) groups is 1. The van der Waals surface area contributed by atoms with Crippen LogP contribution in [0.15, 0.2) is 36.8 Å². The Morgan fingerprint density at radius 2 is 1.86 bits per heavy atom. The van der Waals surface area contributed by atoms with Gasteiger partial charge in [-0.05, 0) is 58.2 Å². The Bertz CT molecular complexity index is 837. The van der Waals surface area contributed by atoms with E-state index in [0.717, 1.165) is 11.3 Å². The van der Waals surface area contributed by atoms with Crippen LogP contribution in [0.1, 0.15) is 48.0 Å². The summed E-state index contributed by atoms with van der Waals surface area (Å²) in [5, 5.41) is 10.3. The molecule has 1 N–H and O–H groups in total. The SMILES string of the molecule is CC(C)C[C@@](C)(COc1cnc(-c2ccncc2)cc1Cl)N(C(=O)O)C(C)(C)C. The van der Waals surface area contributed by atoms with Gasteiger partial charge in [0.1, 0.15) is 6.61 Å². The maximum absolute atomic E-state index is 12.1. The molecule has 0 aliphatic heterocycles. The summed E-state index contributed by atoms with van der Waals surface area (Å²) in [6, 6.07) is 5.45. The van der Waals surface area contributed by atoms with E-state index >= 15 is 0 Å². The first-order valence-electron chi connectivity index (χ1n) is 9.66. The quantitative estimate of drug-likeness (QED) is 0.617. The minimum atomic E-state index is -0.971. The first-order valence-corrected chi connectivity index (χ1v) is 10.0. The van der Waals surface area contributed by atoms with Gasteiger partial charge >= 0.3 is 6.09 Å². The molecule has 2 aromatic heterocycles. The number of nitrogens with zero attached hydrogens (tertiary/aromatic N) is 3. The number of rotatable bonds is 7. The summed E-state index contributed by atoms with van der Waals surface area (Å²) in [5.74, 6) is 0.717. The number of hydrogen-bond acceptors (Lipinski definition) is 4. The van der Waals surface area contributed by atoms with Gasteiger partial charge in [0, 0.05) is 23.5 Å². The Morgan fingerprint density at radius 1 is 1.24 bits per heavy atom. The van der Waals surface area contributed by atoms with Gasteiger partial charge in [-0.3, -0.25) is 14.9 Å². The fourth-order valence-corrected chi connectivity index (χ4v) is 4.07. The van der Waals surface area contributed by atoms with Crippen molar-refractivity contribution in [1.82, 2.24) is 14.9 Å². The summed E-state index contributed by atoms with van der Waals surface area (Å²) >= 11 is 6.44. The number of carboxylic acid groups (broad SMARTS) is 1. The fraction of sp³-hybridized carbons (Fsp3) is 0.500. The van der Waals surface area contributed by atoms with Crippen LogP contribution in [-0.2, 0) is 0 Å². The predicted octanol–water partition coefficient (Wildman–Crippen LogP) is 5.76. The van der Waals surface area contributed by atoms with E-state index < -0.39 is 17.2 Å². The average Bonchev–Trinajstić information content (AvgIpc) is 2.59. The van der Waals surface area contributed by atoms with E-state index in [0.29, 0.717) is 17.2 Å². The highest BCUT2D eigenvalue weighted by molar-refractivity contribution is 6.32. The molecular formula is C22H30ClN3O3. The lowest BCUT2D eigenvalue weighted by molar-refractivity contribution is -0.0109. The minimum absolute atomic E-state index is 0.171. The van der Waals surface area contributed by atoms with E-state index in [9.17, 15) is 9.90 Å². The molecule has 7 heteroatoms. The molecule has 6 nitrogen and oxygen atoms in total. The normalized spacial score (nSPS) is 13.8. The predicted molar refractivity (Wildman–Crippen MR) is 115 cm³/mol. The third-order valence-electron chi connectivity index (χ3n) is 4.58. The first kappa shape index (κ1) is 22.9. The summed E-state index contributed by atoms with van der Waals surface area (Å²) in [5.41, 5.74) is 0.316. The number of pyridine rings is 2. The highest BCUT2D eigenvalue weighted by Gasteiger charge is 2.43. The molecule has 0 fully saturated rings. The molecule has 0 saturated carbocycles. The number of aromatic nitrogens is 2. The molecule has 0 spiro atoms. The fourth-order valence-electron chi connectivity index (χ4n) is 3.86. The van der Waals surface area contributed by atoms with Gasteiger partial charge in [-0.15, -0.1) is 0 Å². The van der Waals surface area contributed by atoms with E-state index in [1.165, 1.54) is 4.90 Å². The molecule has 29 heavy (non-hydrogen) atoms. The second kappa shape index (κ2) is 8.99. The Kier molecular flexibility index (Phi) is 7.11. The van der Waals surface area contributed by atoms with Crippen LogP contribution in [0, 0.1) is 5.92 Å². The Morgan fingerprint density at radius 3 is 2.34 bits per heavy atom. The van der Waals surface area contributed by atoms with Crippen molar-refractivity contribution in [2.75, 3.05) is 6.61 Å². The van der Waals surface area contributed by atoms with Crippen LogP contribution in [-0.4, -0.2) is 43.8 Å². The summed E-state index contributed by atoms with van der Waals surface area (Å²) in [4.78, 5) is 22.0. The zero-order valence-corrected chi connectivity index (χ0v) is 18.7. The molecule has 0 aromatic carbocycles. The minimum Gasteiger partial charge on any atom is -0.488 e. The molecule has 2 aromatic rings. The second-order valence-corrected chi connectivity index (χ2v) is 9.32. The Hall–Kier alpha value is -2.34. The first-order chi connectivity index (χ1) is 13.4. The van der Waals surface area contributed by atoms with Crippen molar-refractivity contribution in [1.29, 1.82) is 0 Å². The van der Waals surface area contributed by atoms with Crippen LogP contribution >= 0.6 is 11.6 Å². The van der Waals surface area contributed by atoms with Crippen molar-refractivity contribution in [3.63, 3.8) is 0 Å². The smallest absolute Gasteiger partial charge is 0.408 e. The highest BCUT2D eigenvalue weighted by Crippen LogP contribution is 2.34. The summed E-state index contributed by atoms with van der Waals surface area (Å²) in [6.45, 7) is 11.9. The molecule has 158 valence electrons. The van der Waals surface area contributed by atoms with Crippen molar-refractivity contribution in [3.05, 3.63) is 41.8 Å². The second-order valence-electron chi connectivity index (χ2n) is 8.91. The zero-order valence-electron chi connectivity index (χ0n) is 17.9. The van der Waals surface area contributed by atoms with Gasteiger partial charge in [-0.25, -0.2) is 4.79 Å². The summed E-state index contributed by atoms with van der Waals surface area (Å²) in [6.07, 6.45) is 4.65. The van der Waals surface area contributed by atoms with Gasteiger partial charge in [0.25, 0.3) is 0 Å². The van der Waals surface area contributed by atoms with Crippen molar-refractivity contribution in [2.24, 2.45) is 5.92 Å². The molecule has 1 atom stereocenters. The molecule has 2 heterocycles. The Balaban J connectivity index is 2.28. The third kappa shape index (κ3) is 5.82. The van der Waals surface area contributed by atoms with Crippen molar-refractivity contribution in [3.8, 4) is 17.0 Å². The van der Waals surface area contributed by atoms with E-state index in [1.54, 1.807) is 24.7 Å². The van der Waals surface area contributed by atoms with E-state index in [2.05, 4.69) is 23.8 Å². The number of hydrogen-bond donors (Lipinski definition) is 1. The molecule has 0 aliphatic rings. The van der Waals surface area contributed by atoms with E-state index in [4.69, 9.17) is 16.3 Å². The lowest BCUT2D eigenvalue weighted by Gasteiger charge is -2.47. The molecule has 2 rings (SSSR count). The molecule has 0 bridgehead atoms. The third-order valence-corrected chi connectivity index (χ3v) is 4.88. The van der Waals surface area contributed by atoms with Gasteiger partial charge < -0.3 is 9.84 Å². The highest BCUT2D eigenvalue weighted by atomic mass is 35.5. The summed E-state index contributed by atoms with van der Waals surface area (Å²) < 4.78 is 6.01. The number of ether oxygens (including phenoxy) is 1. The Labute approximate surface area is 177 Å². The van der Waals surface area contributed by atoms with Crippen LogP contribution in [0.5, 0.6) is 5.75 Å². The van der Waals surface area contributed by atoms with Crippen LogP contribution in [0.25, 0.3) is 11.3 Å². The molecule has 0 unspecified atom stereocenters. The van der Waals surface area contributed by atoms with Gasteiger partial charge in [0.05, 0.1) is 22.5 Å². The van der Waals surface area contributed by atoms with Crippen LogP contribution in [0.3, 0.4) is 0 Å². The molecule has 0 aliphatic carbocycles. The van der Waals surface area contributed by atoms with Crippen molar-refractivity contribution in [2.45, 2.75) is 59.0 Å². The van der Waals surface area contributed by atoms with Gasteiger partial charge in [-0.1, -0.05) is 25.4 Å². The number of amides is 1. The lowest BCUT2D eigenvalue weighted by Crippen LogP contribution is -2.61. The van der Waals surface area contributed by atoms with Crippen LogP contribution in [0.4, 0.5) is 4.79 Å². The average molecular weight is 420 g/mol. The zero-order chi connectivity index (χ0) is 21.8. The largest absolute Gasteiger partial charge is 0.488 e. The van der Waals surface area contributed by atoms with Gasteiger partial charge in [-0.2, -0.15) is 0 Å². The molecule has 0 radical (unpaired) electrons. The summed E-state index contributed by atoms with van der Waals surface area (Å²) in [7, 11) is 0. The van der Waals surface area contributed by atoms with Crippen LogP contribution < -0.4 is 4.74 Å². The van der Waals surface area contributed by atoms with Gasteiger partial charge in [0.15, 0.2) is 5.75 Å². The number of halogens is 1. The molecule has 0 saturated heterocycles. The van der Waals surface area contributed by atoms with E-state index in [-0.39, 0.29) is 12.5 Å². The standard InChI is InChI=1S/C22H30ClN3O3/c1-15(2)12-22(6,26(20(27)28)21(3,4)5)14-29-19-13-25-18(11-17(19)23)16-7-9-24-10-8-16/h7-11,13,15H,12,14H2,1-6H3,(H,27,28)/t22-/m0/s1. The molecular weight excluding hydrogens is 390 g/mol. The van der Waals surface area contributed by atoms with Crippen molar-refractivity contribution >= 4 is 17.7 Å². The molecule has 1 amide bonds. The topological polar surface area (TPSA) is 75.6 Å². The van der Waals surface area contributed by atoms with E-state index in [1.807, 2.05) is 39.8 Å². The maximum Gasteiger partial charge on any atom is 0.408 e.